The van der Waals surface area contributed by atoms with Crippen molar-refractivity contribution in [1.29, 1.82) is 0 Å². The molecule has 0 atom stereocenters. The molecule has 106 valence electrons. The number of ether oxygens (including phenoxy) is 1. The van der Waals surface area contributed by atoms with Crippen LogP contribution in [0.25, 0.3) is 0 Å². The van der Waals surface area contributed by atoms with Gasteiger partial charge in [-0.3, -0.25) is 4.79 Å². The summed E-state index contributed by atoms with van der Waals surface area (Å²) in [6, 6.07) is 6.21. The Bertz CT molecular complexity index is 488. The van der Waals surface area contributed by atoms with Crippen LogP contribution in [0.2, 0.25) is 0 Å². The molecule has 0 heterocycles. The third-order valence-electron chi connectivity index (χ3n) is 3.23. The predicted molar refractivity (Wildman–Crippen MR) is 74.2 cm³/mol. The molecule has 4 heteroatoms. The van der Waals surface area contributed by atoms with E-state index >= 15 is 0 Å². The van der Waals surface area contributed by atoms with E-state index in [4.69, 9.17) is 11.2 Å². The van der Waals surface area contributed by atoms with Crippen LogP contribution in [0.5, 0.6) is 0 Å². The minimum absolute atomic E-state index is 0.00187. The molecule has 2 rings (SSSR count). The zero-order valence-corrected chi connectivity index (χ0v) is 11.3. The molecule has 1 aliphatic carbocycles. The van der Waals surface area contributed by atoms with Crippen molar-refractivity contribution < 1.29 is 13.9 Å². The standard InChI is InChI=1S/C16H18FNO2/c1-2-9-20-12-16(19)18(10-13-3-4-13)11-14-5-7-15(17)8-6-14/h1,5-8,13H,3-4,9-12H2. The van der Waals surface area contributed by atoms with E-state index in [1.54, 1.807) is 17.0 Å². The van der Waals surface area contributed by atoms with Crippen LogP contribution in [0.1, 0.15) is 18.4 Å². The highest BCUT2D eigenvalue weighted by Crippen LogP contribution is 2.30. The molecule has 0 saturated heterocycles. The Morgan fingerprint density at radius 1 is 1.40 bits per heavy atom. The van der Waals surface area contributed by atoms with Gasteiger partial charge in [0.15, 0.2) is 0 Å². The Balaban J connectivity index is 1.93. The van der Waals surface area contributed by atoms with Gasteiger partial charge in [0.2, 0.25) is 5.91 Å². The van der Waals surface area contributed by atoms with Crippen LogP contribution in [0.4, 0.5) is 4.39 Å². The molecule has 1 saturated carbocycles. The summed E-state index contributed by atoms with van der Waals surface area (Å²) < 4.78 is 18.0. The van der Waals surface area contributed by atoms with Gasteiger partial charge < -0.3 is 9.64 Å². The maximum absolute atomic E-state index is 12.9. The highest BCUT2D eigenvalue weighted by Gasteiger charge is 2.26. The molecule has 1 amide bonds. The molecule has 0 spiro atoms. The summed E-state index contributed by atoms with van der Waals surface area (Å²) in [6.45, 7) is 1.35. The molecule has 1 fully saturated rings. The van der Waals surface area contributed by atoms with Crippen LogP contribution in [0, 0.1) is 24.1 Å². The van der Waals surface area contributed by atoms with Crippen molar-refractivity contribution in [2.75, 3.05) is 19.8 Å². The first kappa shape index (κ1) is 14.5. The third kappa shape index (κ3) is 4.67. The lowest BCUT2D eigenvalue weighted by atomic mass is 10.2. The molecule has 1 aromatic rings. The molecule has 1 aromatic carbocycles. The average Bonchev–Trinajstić information content (AvgIpc) is 3.24. The lowest BCUT2D eigenvalue weighted by molar-refractivity contribution is -0.136. The fourth-order valence-electron chi connectivity index (χ4n) is 1.97. The van der Waals surface area contributed by atoms with Crippen molar-refractivity contribution in [2.45, 2.75) is 19.4 Å². The first-order valence-corrected chi connectivity index (χ1v) is 6.72. The number of amides is 1. The summed E-state index contributed by atoms with van der Waals surface area (Å²) >= 11 is 0. The van der Waals surface area contributed by atoms with Gasteiger partial charge in [-0.2, -0.15) is 0 Å². The summed E-state index contributed by atoms with van der Waals surface area (Å²) in [5.41, 5.74) is 0.914. The van der Waals surface area contributed by atoms with Gasteiger partial charge in [-0.25, -0.2) is 4.39 Å². The normalized spacial score (nSPS) is 13.8. The SMILES string of the molecule is C#CCOCC(=O)N(Cc1ccc(F)cc1)CC1CC1. The fourth-order valence-corrected chi connectivity index (χ4v) is 1.97. The van der Waals surface area contributed by atoms with Gasteiger partial charge >= 0.3 is 0 Å². The molecule has 0 aliphatic heterocycles. The number of nitrogens with zero attached hydrogens (tertiary/aromatic N) is 1. The van der Waals surface area contributed by atoms with Crippen LogP contribution >= 0.6 is 0 Å². The van der Waals surface area contributed by atoms with E-state index in [1.165, 1.54) is 25.0 Å². The highest BCUT2D eigenvalue weighted by molar-refractivity contribution is 5.77. The summed E-state index contributed by atoms with van der Waals surface area (Å²) in [6.07, 6.45) is 7.41. The molecule has 1 aliphatic rings. The molecule has 0 N–H and O–H groups in total. The Hall–Kier alpha value is -1.86. The van der Waals surface area contributed by atoms with E-state index in [0.29, 0.717) is 12.5 Å². The van der Waals surface area contributed by atoms with Crippen molar-refractivity contribution in [3.63, 3.8) is 0 Å². The first-order chi connectivity index (χ1) is 9.69. The van der Waals surface area contributed by atoms with Gasteiger partial charge in [0.25, 0.3) is 0 Å². The lowest BCUT2D eigenvalue weighted by Gasteiger charge is -2.22. The van der Waals surface area contributed by atoms with E-state index in [0.717, 1.165) is 12.1 Å². The summed E-state index contributed by atoms with van der Waals surface area (Å²) in [7, 11) is 0. The quantitative estimate of drug-likeness (QED) is 0.564. The van der Waals surface area contributed by atoms with Gasteiger partial charge in [0, 0.05) is 13.1 Å². The number of benzene rings is 1. The van der Waals surface area contributed by atoms with Crippen molar-refractivity contribution in [1.82, 2.24) is 4.90 Å². The van der Waals surface area contributed by atoms with Gasteiger partial charge in [-0.05, 0) is 36.5 Å². The molecule has 3 nitrogen and oxygen atoms in total. The van der Waals surface area contributed by atoms with Gasteiger partial charge in [-0.1, -0.05) is 18.1 Å². The number of halogens is 1. The fraction of sp³-hybridized carbons (Fsp3) is 0.438. The summed E-state index contributed by atoms with van der Waals surface area (Å²) in [5, 5.41) is 0. The maximum Gasteiger partial charge on any atom is 0.248 e. The smallest absolute Gasteiger partial charge is 0.248 e. The Kier molecular flexibility index (Phi) is 5.14. The molecule has 0 bridgehead atoms. The van der Waals surface area contributed by atoms with Crippen LogP contribution in [0.15, 0.2) is 24.3 Å². The van der Waals surface area contributed by atoms with Crippen molar-refractivity contribution >= 4 is 5.91 Å². The van der Waals surface area contributed by atoms with Crippen LogP contribution < -0.4 is 0 Å². The second-order valence-corrected chi connectivity index (χ2v) is 5.04. The summed E-state index contributed by atoms with van der Waals surface area (Å²) in [5.74, 6) is 2.58. The minimum Gasteiger partial charge on any atom is -0.359 e. The Morgan fingerprint density at radius 2 is 2.10 bits per heavy atom. The number of carbonyl (C=O) groups is 1. The van der Waals surface area contributed by atoms with Gasteiger partial charge in [0.1, 0.15) is 19.0 Å². The number of hydrogen-bond donors (Lipinski definition) is 0. The molecular formula is C16H18FNO2. The van der Waals surface area contributed by atoms with E-state index in [-0.39, 0.29) is 24.9 Å². The van der Waals surface area contributed by atoms with Crippen molar-refractivity contribution in [3.05, 3.63) is 35.6 Å². The second-order valence-electron chi connectivity index (χ2n) is 5.04. The zero-order chi connectivity index (χ0) is 14.4. The Labute approximate surface area is 118 Å². The molecule has 0 radical (unpaired) electrons. The second kappa shape index (κ2) is 7.06. The average molecular weight is 275 g/mol. The van der Waals surface area contributed by atoms with E-state index in [2.05, 4.69) is 5.92 Å². The van der Waals surface area contributed by atoms with Crippen LogP contribution in [0.3, 0.4) is 0 Å². The highest BCUT2D eigenvalue weighted by atomic mass is 19.1. The number of rotatable bonds is 7. The van der Waals surface area contributed by atoms with E-state index in [1.807, 2.05) is 0 Å². The molecule has 0 unspecified atom stereocenters. The minimum atomic E-state index is -0.272. The van der Waals surface area contributed by atoms with Crippen molar-refractivity contribution in [2.24, 2.45) is 5.92 Å². The van der Waals surface area contributed by atoms with Gasteiger partial charge in [-0.15, -0.1) is 6.42 Å². The summed E-state index contributed by atoms with van der Waals surface area (Å²) in [4.78, 5) is 13.9. The first-order valence-electron chi connectivity index (χ1n) is 6.72. The van der Waals surface area contributed by atoms with Crippen LogP contribution in [-0.2, 0) is 16.1 Å². The molecular weight excluding hydrogens is 257 g/mol. The van der Waals surface area contributed by atoms with E-state index in [9.17, 15) is 9.18 Å². The van der Waals surface area contributed by atoms with E-state index < -0.39 is 0 Å². The number of hydrogen-bond acceptors (Lipinski definition) is 2. The zero-order valence-electron chi connectivity index (χ0n) is 11.3. The van der Waals surface area contributed by atoms with Crippen molar-refractivity contribution in [3.8, 4) is 12.3 Å². The largest absolute Gasteiger partial charge is 0.359 e. The van der Waals surface area contributed by atoms with Gasteiger partial charge in [0.05, 0.1) is 0 Å². The predicted octanol–water partition coefficient (Wildman–Crippen LogP) is 2.21. The van der Waals surface area contributed by atoms with Crippen LogP contribution in [-0.4, -0.2) is 30.6 Å². The molecule has 20 heavy (non-hydrogen) atoms. The lowest BCUT2D eigenvalue weighted by Crippen LogP contribution is -2.35. The third-order valence-corrected chi connectivity index (χ3v) is 3.23. The monoisotopic (exact) mass is 275 g/mol. The molecule has 0 aromatic heterocycles. The Morgan fingerprint density at radius 3 is 2.70 bits per heavy atom. The topological polar surface area (TPSA) is 29.5 Å². The number of carbonyl (C=O) groups excluding carboxylic acids is 1. The maximum atomic E-state index is 12.9. The number of terminal acetylenes is 1.